The molecule has 19 heavy (non-hydrogen) atoms. The molecule has 1 heterocycles. The highest BCUT2D eigenvalue weighted by atomic mass is 16.5. The molecule has 0 spiro atoms. The molecule has 1 aliphatic heterocycles. The molecule has 1 aromatic carbocycles. The van der Waals surface area contributed by atoms with Crippen molar-refractivity contribution in [3.63, 3.8) is 0 Å². The predicted molar refractivity (Wildman–Crippen MR) is 78.5 cm³/mol. The van der Waals surface area contributed by atoms with Crippen LogP contribution in [0, 0.1) is 5.92 Å². The van der Waals surface area contributed by atoms with E-state index in [1.54, 1.807) is 0 Å². The summed E-state index contributed by atoms with van der Waals surface area (Å²) in [6.45, 7) is 3.19. The van der Waals surface area contributed by atoms with Crippen LogP contribution in [0.4, 0.5) is 0 Å². The van der Waals surface area contributed by atoms with Gasteiger partial charge in [0.1, 0.15) is 5.75 Å². The molecule has 1 saturated carbocycles. The highest BCUT2D eigenvalue weighted by Gasteiger charge is 2.30. The van der Waals surface area contributed by atoms with E-state index in [9.17, 15) is 0 Å². The van der Waals surface area contributed by atoms with Crippen LogP contribution in [0.2, 0.25) is 0 Å². The second kappa shape index (κ2) is 5.16. The molecule has 1 fully saturated rings. The largest absolute Gasteiger partial charge is 0.493 e. The summed E-state index contributed by atoms with van der Waals surface area (Å²) < 4.78 is 5.56. The van der Waals surface area contributed by atoms with Gasteiger partial charge in [-0.25, -0.2) is 0 Å². The van der Waals surface area contributed by atoms with Gasteiger partial charge in [-0.15, -0.1) is 0 Å². The summed E-state index contributed by atoms with van der Waals surface area (Å²) >= 11 is 0. The van der Waals surface area contributed by atoms with Gasteiger partial charge in [-0.3, -0.25) is 0 Å². The Morgan fingerprint density at radius 1 is 1.42 bits per heavy atom. The molecular formula is C17H25NO. The molecule has 2 N–H and O–H groups in total. The molecule has 2 nitrogen and oxygen atoms in total. The van der Waals surface area contributed by atoms with Gasteiger partial charge >= 0.3 is 0 Å². The van der Waals surface area contributed by atoms with Crippen molar-refractivity contribution in [2.75, 3.05) is 6.61 Å². The first kappa shape index (κ1) is 13.0. The van der Waals surface area contributed by atoms with Gasteiger partial charge < -0.3 is 10.5 Å². The van der Waals surface area contributed by atoms with E-state index in [1.807, 2.05) is 0 Å². The molecule has 2 atom stereocenters. The maximum absolute atomic E-state index is 6.59. The van der Waals surface area contributed by atoms with E-state index in [0.717, 1.165) is 37.5 Å². The van der Waals surface area contributed by atoms with Crippen LogP contribution in [0.5, 0.6) is 5.75 Å². The smallest absolute Gasteiger partial charge is 0.122 e. The Morgan fingerprint density at radius 3 is 3.16 bits per heavy atom. The maximum Gasteiger partial charge on any atom is 0.122 e. The van der Waals surface area contributed by atoms with Gasteiger partial charge in [0.2, 0.25) is 0 Å². The first-order valence-electron chi connectivity index (χ1n) is 7.68. The molecule has 2 heteroatoms. The Hall–Kier alpha value is -1.02. The van der Waals surface area contributed by atoms with Gasteiger partial charge in [-0.1, -0.05) is 31.9 Å². The SMILES string of the molecule is CC1CCCC(N)(CCc2ccc3c(c2)CCO3)C1. The van der Waals surface area contributed by atoms with Crippen LogP contribution in [0.25, 0.3) is 0 Å². The van der Waals surface area contributed by atoms with Crippen LogP contribution in [0.15, 0.2) is 18.2 Å². The molecule has 0 amide bonds. The van der Waals surface area contributed by atoms with Crippen LogP contribution >= 0.6 is 0 Å². The molecule has 3 rings (SSSR count). The number of ether oxygens (including phenoxy) is 1. The fraction of sp³-hybridized carbons (Fsp3) is 0.647. The fourth-order valence-corrected chi connectivity index (χ4v) is 3.72. The Balaban J connectivity index is 1.62. The highest BCUT2D eigenvalue weighted by molar-refractivity contribution is 5.39. The van der Waals surface area contributed by atoms with Gasteiger partial charge in [-0.05, 0) is 48.8 Å². The van der Waals surface area contributed by atoms with Gasteiger partial charge in [0.15, 0.2) is 0 Å². The minimum Gasteiger partial charge on any atom is -0.493 e. The molecule has 1 aliphatic carbocycles. The molecule has 0 bridgehead atoms. The second-order valence-electron chi connectivity index (χ2n) is 6.60. The lowest BCUT2D eigenvalue weighted by Gasteiger charge is -2.37. The monoisotopic (exact) mass is 259 g/mol. The van der Waals surface area contributed by atoms with Gasteiger partial charge in [0.25, 0.3) is 0 Å². The summed E-state index contributed by atoms with van der Waals surface area (Å²) in [5.41, 5.74) is 9.46. The van der Waals surface area contributed by atoms with Crippen molar-refractivity contribution in [3.8, 4) is 5.75 Å². The summed E-state index contributed by atoms with van der Waals surface area (Å²) in [6, 6.07) is 6.65. The van der Waals surface area contributed by atoms with Crippen LogP contribution in [0.3, 0.4) is 0 Å². The van der Waals surface area contributed by atoms with Crippen molar-refractivity contribution in [1.82, 2.24) is 0 Å². The minimum atomic E-state index is 0.0766. The number of benzene rings is 1. The van der Waals surface area contributed by atoms with Crippen molar-refractivity contribution < 1.29 is 4.74 Å². The predicted octanol–water partition coefficient (Wildman–Crippen LogP) is 3.46. The fourth-order valence-electron chi connectivity index (χ4n) is 3.72. The van der Waals surface area contributed by atoms with Crippen molar-refractivity contribution in [2.45, 2.75) is 57.4 Å². The van der Waals surface area contributed by atoms with Crippen LogP contribution in [-0.4, -0.2) is 12.1 Å². The highest BCUT2D eigenvalue weighted by Crippen LogP contribution is 2.34. The van der Waals surface area contributed by atoms with E-state index < -0.39 is 0 Å². The zero-order valence-electron chi connectivity index (χ0n) is 12.0. The van der Waals surface area contributed by atoms with Crippen LogP contribution < -0.4 is 10.5 Å². The molecular weight excluding hydrogens is 234 g/mol. The number of hydrogen-bond acceptors (Lipinski definition) is 2. The van der Waals surface area contributed by atoms with Crippen molar-refractivity contribution in [2.24, 2.45) is 11.7 Å². The van der Waals surface area contributed by atoms with E-state index in [1.165, 1.54) is 36.8 Å². The molecule has 2 aliphatic rings. The molecule has 104 valence electrons. The molecule has 0 aromatic heterocycles. The lowest BCUT2D eigenvalue weighted by Crippen LogP contribution is -2.44. The summed E-state index contributed by atoms with van der Waals surface area (Å²) in [5.74, 6) is 1.88. The number of hydrogen-bond donors (Lipinski definition) is 1. The third-order valence-electron chi connectivity index (χ3n) is 4.79. The zero-order chi connectivity index (χ0) is 13.3. The summed E-state index contributed by atoms with van der Waals surface area (Å²) in [7, 11) is 0. The van der Waals surface area contributed by atoms with Crippen molar-refractivity contribution in [3.05, 3.63) is 29.3 Å². The van der Waals surface area contributed by atoms with E-state index >= 15 is 0 Å². The lowest BCUT2D eigenvalue weighted by atomic mass is 9.74. The standard InChI is InChI=1S/C17H25NO/c1-13-3-2-8-17(18,12-13)9-6-14-4-5-16-15(11-14)7-10-19-16/h4-5,11,13H,2-3,6-10,12,18H2,1H3. The Kier molecular flexibility index (Phi) is 3.53. The number of fused-ring (bicyclic) bond motifs is 1. The molecule has 1 aromatic rings. The van der Waals surface area contributed by atoms with E-state index in [2.05, 4.69) is 25.1 Å². The number of nitrogens with two attached hydrogens (primary N) is 1. The van der Waals surface area contributed by atoms with Gasteiger partial charge in [-0.2, -0.15) is 0 Å². The van der Waals surface area contributed by atoms with Crippen molar-refractivity contribution >= 4 is 0 Å². The quantitative estimate of drug-likeness (QED) is 0.902. The third kappa shape index (κ3) is 2.94. The number of rotatable bonds is 3. The zero-order valence-corrected chi connectivity index (χ0v) is 12.0. The Bertz CT molecular complexity index is 457. The average Bonchev–Trinajstić information content (AvgIpc) is 2.83. The minimum absolute atomic E-state index is 0.0766. The maximum atomic E-state index is 6.59. The summed E-state index contributed by atoms with van der Waals surface area (Å²) in [5, 5.41) is 0. The normalized spacial score (nSPS) is 29.9. The first-order valence-corrected chi connectivity index (χ1v) is 7.68. The van der Waals surface area contributed by atoms with E-state index in [-0.39, 0.29) is 5.54 Å². The Labute approximate surface area is 116 Å². The lowest BCUT2D eigenvalue weighted by molar-refractivity contribution is 0.224. The van der Waals surface area contributed by atoms with Crippen molar-refractivity contribution in [1.29, 1.82) is 0 Å². The van der Waals surface area contributed by atoms with E-state index in [4.69, 9.17) is 10.5 Å². The molecule has 0 saturated heterocycles. The third-order valence-corrected chi connectivity index (χ3v) is 4.79. The number of aryl methyl sites for hydroxylation is 1. The average molecular weight is 259 g/mol. The summed E-state index contributed by atoms with van der Waals surface area (Å²) in [4.78, 5) is 0. The molecule has 2 unspecified atom stereocenters. The summed E-state index contributed by atoms with van der Waals surface area (Å²) in [6.07, 6.45) is 8.35. The van der Waals surface area contributed by atoms with Gasteiger partial charge in [0, 0.05) is 12.0 Å². The Morgan fingerprint density at radius 2 is 2.32 bits per heavy atom. The topological polar surface area (TPSA) is 35.2 Å². The first-order chi connectivity index (χ1) is 9.15. The van der Waals surface area contributed by atoms with E-state index in [0.29, 0.717) is 0 Å². The van der Waals surface area contributed by atoms with Crippen LogP contribution in [-0.2, 0) is 12.8 Å². The van der Waals surface area contributed by atoms with Crippen LogP contribution in [0.1, 0.15) is 50.2 Å². The van der Waals surface area contributed by atoms with Gasteiger partial charge in [0.05, 0.1) is 6.61 Å². The molecule has 0 radical (unpaired) electrons. The second-order valence-corrected chi connectivity index (χ2v) is 6.60.